The van der Waals surface area contributed by atoms with E-state index >= 15 is 0 Å². The number of hydrogen-bond donors (Lipinski definition) is 0. The van der Waals surface area contributed by atoms with Crippen molar-refractivity contribution < 1.29 is 18.8 Å². The first-order chi connectivity index (χ1) is 11.8. The molecule has 1 aliphatic heterocycles. The van der Waals surface area contributed by atoms with E-state index in [9.17, 15) is 4.79 Å². The van der Waals surface area contributed by atoms with Crippen LogP contribution < -0.4 is 5.46 Å². The van der Waals surface area contributed by atoms with Crippen LogP contribution in [0.5, 0.6) is 0 Å². The van der Waals surface area contributed by atoms with Crippen LogP contribution in [-0.4, -0.2) is 29.3 Å². The highest BCUT2D eigenvalue weighted by atomic mass is 16.7. The maximum Gasteiger partial charge on any atom is 0.496 e. The van der Waals surface area contributed by atoms with Crippen molar-refractivity contribution in [3.05, 3.63) is 59.9 Å². The quantitative estimate of drug-likeness (QED) is 0.633. The van der Waals surface area contributed by atoms with Gasteiger partial charge in [0.2, 0.25) is 0 Å². The Labute approximate surface area is 148 Å². The van der Waals surface area contributed by atoms with Crippen molar-refractivity contribution in [3.63, 3.8) is 0 Å². The van der Waals surface area contributed by atoms with E-state index < -0.39 is 24.3 Å². The monoisotopic (exact) mass is 339 g/mol. The largest absolute Gasteiger partial charge is 0.496 e. The smallest absolute Gasteiger partial charge is 0.456 e. The zero-order valence-electron chi connectivity index (χ0n) is 15.0. The van der Waals surface area contributed by atoms with Crippen LogP contribution in [0.4, 0.5) is 0 Å². The second-order valence-corrected chi connectivity index (χ2v) is 7.13. The standard InChI is InChI=1S/C19H22BNO4/c1-18(2)19(3,4)25-20(24-18)15-10-11-16(21-12-15)17(22)23-13-14-8-6-5-7-9-14/h5-12H,13H2,1-4H3. The Morgan fingerprint density at radius 1 is 1.04 bits per heavy atom. The molecule has 5 nitrogen and oxygen atoms in total. The molecule has 1 aromatic carbocycles. The van der Waals surface area contributed by atoms with Crippen LogP contribution in [0, 0.1) is 0 Å². The summed E-state index contributed by atoms with van der Waals surface area (Å²) in [6.07, 6.45) is 1.60. The Kier molecular flexibility index (Phi) is 4.67. The van der Waals surface area contributed by atoms with Gasteiger partial charge >= 0.3 is 13.1 Å². The molecule has 0 amide bonds. The molecule has 2 heterocycles. The molecule has 3 rings (SSSR count). The zero-order valence-corrected chi connectivity index (χ0v) is 15.0. The second-order valence-electron chi connectivity index (χ2n) is 7.13. The van der Waals surface area contributed by atoms with Crippen LogP contribution in [0.2, 0.25) is 0 Å². The van der Waals surface area contributed by atoms with E-state index in [1.54, 1.807) is 18.3 Å². The average molecular weight is 339 g/mol. The van der Waals surface area contributed by atoms with Crippen molar-refractivity contribution in [2.45, 2.75) is 45.5 Å². The van der Waals surface area contributed by atoms with Gasteiger partial charge in [0.25, 0.3) is 0 Å². The molecule has 1 aromatic heterocycles. The molecule has 0 bridgehead atoms. The van der Waals surface area contributed by atoms with E-state index in [-0.39, 0.29) is 12.3 Å². The number of carbonyl (C=O) groups is 1. The van der Waals surface area contributed by atoms with Crippen LogP contribution in [0.15, 0.2) is 48.7 Å². The number of ether oxygens (including phenoxy) is 1. The Morgan fingerprint density at radius 2 is 1.68 bits per heavy atom. The van der Waals surface area contributed by atoms with Gasteiger partial charge < -0.3 is 14.0 Å². The summed E-state index contributed by atoms with van der Waals surface area (Å²) >= 11 is 0. The normalized spacial score (nSPS) is 18.2. The molecule has 0 N–H and O–H groups in total. The summed E-state index contributed by atoms with van der Waals surface area (Å²) in [5.74, 6) is -0.454. The molecule has 130 valence electrons. The summed E-state index contributed by atoms with van der Waals surface area (Å²) in [6.45, 7) is 8.21. The first-order valence-corrected chi connectivity index (χ1v) is 8.31. The minimum absolute atomic E-state index is 0.223. The summed E-state index contributed by atoms with van der Waals surface area (Å²) in [7, 11) is -0.494. The lowest BCUT2D eigenvalue weighted by molar-refractivity contribution is 0.00578. The number of esters is 1. The van der Waals surface area contributed by atoms with Crippen molar-refractivity contribution in [2.75, 3.05) is 0 Å². The highest BCUT2D eigenvalue weighted by Crippen LogP contribution is 2.36. The molecular weight excluding hydrogens is 317 g/mol. The molecule has 0 atom stereocenters. The summed E-state index contributed by atoms with van der Waals surface area (Å²) in [4.78, 5) is 16.3. The van der Waals surface area contributed by atoms with Gasteiger partial charge in [-0.2, -0.15) is 0 Å². The molecule has 6 heteroatoms. The van der Waals surface area contributed by atoms with Crippen molar-refractivity contribution >= 4 is 18.6 Å². The van der Waals surface area contributed by atoms with Gasteiger partial charge in [0, 0.05) is 11.7 Å². The molecule has 2 aromatic rings. The van der Waals surface area contributed by atoms with E-state index in [2.05, 4.69) is 4.98 Å². The van der Waals surface area contributed by atoms with Crippen LogP contribution in [0.25, 0.3) is 0 Å². The van der Waals surface area contributed by atoms with Crippen molar-refractivity contribution in [1.29, 1.82) is 0 Å². The van der Waals surface area contributed by atoms with Crippen LogP contribution >= 0.6 is 0 Å². The van der Waals surface area contributed by atoms with Gasteiger partial charge in [-0.25, -0.2) is 9.78 Å². The van der Waals surface area contributed by atoms with E-state index in [1.807, 2.05) is 58.0 Å². The lowest BCUT2D eigenvalue weighted by Gasteiger charge is -2.32. The van der Waals surface area contributed by atoms with E-state index in [4.69, 9.17) is 14.0 Å². The lowest BCUT2D eigenvalue weighted by atomic mass is 9.80. The summed E-state index contributed by atoms with van der Waals surface area (Å²) < 4.78 is 17.2. The van der Waals surface area contributed by atoms with E-state index in [0.29, 0.717) is 0 Å². The number of nitrogens with zero attached hydrogens (tertiary/aromatic N) is 1. The van der Waals surface area contributed by atoms with Gasteiger partial charge in [-0.3, -0.25) is 0 Å². The highest BCUT2D eigenvalue weighted by molar-refractivity contribution is 6.62. The Bertz CT molecular complexity index is 728. The molecule has 0 radical (unpaired) electrons. The third-order valence-electron chi connectivity index (χ3n) is 4.73. The Morgan fingerprint density at radius 3 is 2.24 bits per heavy atom. The number of rotatable bonds is 4. The van der Waals surface area contributed by atoms with Crippen molar-refractivity contribution in [1.82, 2.24) is 4.98 Å². The van der Waals surface area contributed by atoms with Crippen molar-refractivity contribution in [2.24, 2.45) is 0 Å². The number of aromatic nitrogens is 1. The summed E-state index contributed by atoms with van der Waals surface area (Å²) in [6, 6.07) is 13.0. The Hall–Kier alpha value is -2.18. The van der Waals surface area contributed by atoms with Gasteiger partial charge in [-0.15, -0.1) is 0 Å². The van der Waals surface area contributed by atoms with Crippen LogP contribution in [0.3, 0.4) is 0 Å². The van der Waals surface area contributed by atoms with Gasteiger partial charge in [-0.05, 0) is 39.3 Å². The number of pyridine rings is 1. The lowest BCUT2D eigenvalue weighted by Crippen LogP contribution is -2.41. The maximum absolute atomic E-state index is 12.1. The van der Waals surface area contributed by atoms with Gasteiger partial charge in [0.15, 0.2) is 0 Å². The fourth-order valence-corrected chi connectivity index (χ4v) is 2.44. The zero-order chi connectivity index (χ0) is 18.1. The molecular formula is C19H22BNO4. The molecule has 25 heavy (non-hydrogen) atoms. The first-order valence-electron chi connectivity index (χ1n) is 8.31. The maximum atomic E-state index is 12.1. The molecule has 0 unspecified atom stereocenters. The first kappa shape index (κ1) is 17.6. The molecule has 1 saturated heterocycles. The fraction of sp³-hybridized carbons (Fsp3) is 0.368. The third kappa shape index (κ3) is 3.75. The molecule has 0 saturated carbocycles. The predicted molar refractivity (Wildman–Crippen MR) is 95.5 cm³/mol. The van der Waals surface area contributed by atoms with Crippen LogP contribution in [-0.2, 0) is 20.7 Å². The van der Waals surface area contributed by atoms with Gasteiger partial charge in [-0.1, -0.05) is 36.4 Å². The van der Waals surface area contributed by atoms with E-state index in [1.165, 1.54) is 0 Å². The second kappa shape index (κ2) is 6.62. The molecule has 1 fully saturated rings. The van der Waals surface area contributed by atoms with E-state index in [0.717, 1.165) is 11.0 Å². The van der Waals surface area contributed by atoms with Crippen LogP contribution in [0.1, 0.15) is 43.7 Å². The summed E-state index contributed by atoms with van der Waals surface area (Å²) in [5, 5.41) is 0. The topological polar surface area (TPSA) is 57.7 Å². The fourth-order valence-electron chi connectivity index (χ4n) is 2.44. The number of carbonyl (C=O) groups excluding carboxylic acids is 1. The summed E-state index contributed by atoms with van der Waals surface area (Å²) in [5.41, 5.74) is 1.15. The van der Waals surface area contributed by atoms with Gasteiger partial charge in [0.1, 0.15) is 12.3 Å². The minimum Gasteiger partial charge on any atom is -0.456 e. The predicted octanol–water partition coefficient (Wildman–Crippen LogP) is 2.74. The molecule has 1 aliphatic rings. The average Bonchev–Trinajstić information content (AvgIpc) is 2.81. The number of hydrogen-bond acceptors (Lipinski definition) is 5. The highest BCUT2D eigenvalue weighted by Gasteiger charge is 2.51. The minimum atomic E-state index is -0.494. The van der Waals surface area contributed by atoms with Crippen molar-refractivity contribution in [3.8, 4) is 0 Å². The third-order valence-corrected chi connectivity index (χ3v) is 4.73. The molecule has 0 aliphatic carbocycles. The molecule has 0 spiro atoms. The SMILES string of the molecule is CC1(C)OB(c2ccc(C(=O)OCc3ccccc3)nc2)OC1(C)C. The van der Waals surface area contributed by atoms with Gasteiger partial charge in [0.05, 0.1) is 11.2 Å². The Balaban J connectivity index is 1.63. The number of benzene rings is 1.